The predicted molar refractivity (Wildman–Crippen MR) is 156 cm³/mol. The number of benzene rings is 3. The van der Waals surface area contributed by atoms with Gasteiger partial charge < -0.3 is 19.3 Å². The van der Waals surface area contributed by atoms with Crippen molar-refractivity contribution >= 4 is 17.5 Å². The first-order valence-corrected chi connectivity index (χ1v) is 14.0. The van der Waals surface area contributed by atoms with Crippen molar-refractivity contribution in [3.8, 4) is 17.1 Å². The Morgan fingerprint density at radius 3 is 2.40 bits per heavy atom. The van der Waals surface area contributed by atoms with Crippen molar-refractivity contribution in [3.63, 3.8) is 0 Å². The van der Waals surface area contributed by atoms with Gasteiger partial charge in [-0.25, -0.2) is 0 Å². The largest absolute Gasteiger partial charge is 0.489 e. The number of morpholine rings is 1. The number of nitrogens with zero attached hydrogens (tertiary/aromatic N) is 2. The molecule has 7 nitrogen and oxygen atoms in total. The SMILES string of the molecule is CC(C)c1ccc(C(CNC(=O)c2cc(-c3ccc(OCc4ccccc4Cl)cc3)on2)N2CCOCC2)cc1. The molecule has 40 heavy (non-hydrogen) atoms. The number of nitrogens with one attached hydrogen (secondary N) is 1. The Bertz CT molecular complexity index is 1400. The number of carbonyl (C=O) groups excluding carboxylic acids is 1. The molecule has 4 aromatic rings. The Balaban J connectivity index is 1.21. The van der Waals surface area contributed by atoms with E-state index in [0.29, 0.717) is 48.8 Å². The second kappa shape index (κ2) is 13.1. The van der Waals surface area contributed by atoms with Crippen LogP contribution in [0.15, 0.2) is 83.4 Å². The lowest BCUT2D eigenvalue weighted by Crippen LogP contribution is -2.43. The lowest BCUT2D eigenvalue weighted by atomic mass is 9.98. The van der Waals surface area contributed by atoms with Crippen LogP contribution in [0.2, 0.25) is 5.02 Å². The molecule has 3 aromatic carbocycles. The quantitative estimate of drug-likeness (QED) is 0.239. The van der Waals surface area contributed by atoms with E-state index in [2.05, 4.69) is 53.5 Å². The fourth-order valence-electron chi connectivity index (χ4n) is 4.74. The predicted octanol–water partition coefficient (Wildman–Crippen LogP) is 6.50. The van der Waals surface area contributed by atoms with Crippen LogP contribution in [0.4, 0.5) is 0 Å². The normalized spacial score (nSPS) is 14.7. The summed E-state index contributed by atoms with van der Waals surface area (Å²) in [5.41, 5.74) is 4.42. The van der Waals surface area contributed by atoms with Crippen LogP contribution < -0.4 is 10.1 Å². The molecule has 1 fully saturated rings. The van der Waals surface area contributed by atoms with Crippen LogP contribution in [-0.4, -0.2) is 48.8 Å². The fourth-order valence-corrected chi connectivity index (χ4v) is 4.93. The summed E-state index contributed by atoms with van der Waals surface area (Å²) in [6, 6.07) is 25.4. The van der Waals surface area contributed by atoms with Gasteiger partial charge in [0.25, 0.3) is 5.91 Å². The van der Waals surface area contributed by atoms with E-state index in [4.69, 9.17) is 25.6 Å². The number of ether oxygens (including phenoxy) is 2. The van der Waals surface area contributed by atoms with Gasteiger partial charge in [0.05, 0.1) is 19.3 Å². The Morgan fingerprint density at radius 2 is 1.70 bits per heavy atom. The summed E-state index contributed by atoms with van der Waals surface area (Å²) in [5, 5.41) is 7.77. The topological polar surface area (TPSA) is 76.8 Å². The molecular formula is C32H34ClN3O4. The van der Waals surface area contributed by atoms with Crippen LogP contribution in [0, 0.1) is 0 Å². The van der Waals surface area contributed by atoms with Crippen molar-refractivity contribution in [3.05, 3.63) is 106 Å². The molecule has 0 bridgehead atoms. The summed E-state index contributed by atoms with van der Waals surface area (Å²) < 4.78 is 16.9. The number of carbonyl (C=O) groups is 1. The van der Waals surface area contributed by atoms with Gasteiger partial charge in [0.15, 0.2) is 11.5 Å². The van der Waals surface area contributed by atoms with E-state index in [1.54, 1.807) is 6.07 Å². The molecule has 8 heteroatoms. The third-order valence-corrected chi connectivity index (χ3v) is 7.53. The highest BCUT2D eigenvalue weighted by molar-refractivity contribution is 6.31. The van der Waals surface area contributed by atoms with E-state index < -0.39 is 0 Å². The Morgan fingerprint density at radius 1 is 1.00 bits per heavy atom. The minimum absolute atomic E-state index is 0.0405. The molecule has 0 saturated carbocycles. The Labute approximate surface area is 240 Å². The van der Waals surface area contributed by atoms with Gasteiger partial charge in [-0.2, -0.15) is 0 Å². The molecule has 0 spiro atoms. The van der Waals surface area contributed by atoms with Gasteiger partial charge in [-0.3, -0.25) is 9.69 Å². The van der Waals surface area contributed by atoms with Gasteiger partial charge >= 0.3 is 0 Å². The first-order chi connectivity index (χ1) is 19.5. The minimum atomic E-state index is -0.272. The molecule has 1 amide bonds. The molecule has 5 rings (SSSR count). The number of rotatable bonds is 10. The van der Waals surface area contributed by atoms with Crippen molar-refractivity contribution in [2.24, 2.45) is 0 Å². The van der Waals surface area contributed by atoms with Crippen LogP contribution in [0.25, 0.3) is 11.3 Å². The van der Waals surface area contributed by atoms with Crippen LogP contribution in [-0.2, 0) is 11.3 Å². The lowest BCUT2D eigenvalue weighted by Gasteiger charge is -2.35. The molecule has 1 atom stereocenters. The molecule has 1 aromatic heterocycles. The molecule has 1 aliphatic rings. The third kappa shape index (κ3) is 6.91. The van der Waals surface area contributed by atoms with Crippen LogP contribution in [0.3, 0.4) is 0 Å². The smallest absolute Gasteiger partial charge is 0.273 e. The highest BCUT2D eigenvalue weighted by atomic mass is 35.5. The summed E-state index contributed by atoms with van der Waals surface area (Å²) in [4.78, 5) is 15.4. The minimum Gasteiger partial charge on any atom is -0.489 e. The van der Waals surface area contributed by atoms with Gasteiger partial charge in [-0.05, 0) is 47.4 Å². The monoisotopic (exact) mass is 559 g/mol. The number of amides is 1. The van der Waals surface area contributed by atoms with E-state index in [0.717, 1.165) is 24.2 Å². The molecular weight excluding hydrogens is 526 g/mol. The highest BCUT2D eigenvalue weighted by Gasteiger charge is 2.24. The Kier molecular flexibility index (Phi) is 9.16. The number of hydrogen-bond donors (Lipinski definition) is 1. The van der Waals surface area contributed by atoms with Crippen LogP contribution in [0.5, 0.6) is 5.75 Å². The van der Waals surface area contributed by atoms with E-state index >= 15 is 0 Å². The van der Waals surface area contributed by atoms with Gasteiger partial charge in [0, 0.05) is 41.9 Å². The molecule has 1 aliphatic heterocycles. The lowest BCUT2D eigenvalue weighted by molar-refractivity contribution is 0.0162. The average Bonchev–Trinajstić information content (AvgIpc) is 3.48. The van der Waals surface area contributed by atoms with Crippen LogP contribution >= 0.6 is 11.6 Å². The fraction of sp³-hybridized carbons (Fsp3) is 0.312. The molecule has 1 N–H and O–H groups in total. The zero-order chi connectivity index (χ0) is 27.9. The number of hydrogen-bond acceptors (Lipinski definition) is 6. The molecule has 0 aliphatic carbocycles. The van der Waals surface area contributed by atoms with Gasteiger partial charge in [0.2, 0.25) is 0 Å². The van der Waals surface area contributed by atoms with Gasteiger partial charge in [-0.15, -0.1) is 0 Å². The Hall–Kier alpha value is -3.65. The van der Waals surface area contributed by atoms with E-state index in [1.807, 2.05) is 48.5 Å². The first-order valence-electron chi connectivity index (χ1n) is 13.6. The van der Waals surface area contributed by atoms with E-state index in [1.165, 1.54) is 11.1 Å². The number of halogens is 1. The molecule has 208 valence electrons. The van der Waals surface area contributed by atoms with Crippen molar-refractivity contribution < 1.29 is 18.8 Å². The number of aromatic nitrogens is 1. The average molecular weight is 560 g/mol. The standard InChI is InChI=1S/C32H34ClN3O4/c1-22(2)23-7-9-24(10-8-23)30(36-15-17-38-18-16-36)20-34-32(37)29-19-31(40-35-29)25-11-13-27(14-12-25)39-21-26-5-3-4-6-28(26)33/h3-14,19,22,30H,15-18,20-21H2,1-2H3,(H,34,37). The summed E-state index contributed by atoms with van der Waals surface area (Å²) >= 11 is 6.21. The van der Waals surface area contributed by atoms with Gasteiger partial charge in [-0.1, -0.05) is 73.1 Å². The second-order valence-corrected chi connectivity index (χ2v) is 10.6. The summed E-state index contributed by atoms with van der Waals surface area (Å²) in [6.45, 7) is 8.21. The third-order valence-electron chi connectivity index (χ3n) is 7.16. The zero-order valence-electron chi connectivity index (χ0n) is 22.8. The zero-order valence-corrected chi connectivity index (χ0v) is 23.6. The van der Waals surface area contributed by atoms with Crippen molar-refractivity contribution in [1.29, 1.82) is 0 Å². The first kappa shape index (κ1) is 27.9. The molecule has 1 saturated heterocycles. The maximum atomic E-state index is 13.0. The maximum Gasteiger partial charge on any atom is 0.273 e. The van der Waals surface area contributed by atoms with Crippen LogP contribution in [0.1, 0.15) is 53.0 Å². The van der Waals surface area contributed by atoms with Gasteiger partial charge in [0.1, 0.15) is 12.4 Å². The molecule has 1 unspecified atom stereocenters. The summed E-state index contributed by atoms with van der Waals surface area (Å²) in [7, 11) is 0. The van der Waals surface area contributed by atoms with Crippen molar-refractivity contribution in [2.45, 2.75) is 32.4 Å². The summed E-state index contributed by atoms with van der Waals surface area (Å²) in [6.07, 6.45) is 0. The highest BCUT2D eigenvalue weighted by Crippen LogP contribution is 2.26. The van der Waals surface area contributed by atoms with E-state index in [-0.39, 0.29) is 17.6 Å². The molecule has 0 radical (unpaired) electrons. The summed E-state index contributed by atoms with van der Waals surface area (Å²) in [5.74, 6) is 1.41. The molecule has 2 heterocycles. The van der Waals surface area contributed by atoms with Crippen molar-refractivity contribution in [1.82, 2.24) is 15.4 Å². The van der Waals surface area contributed by atoms with E-state index in [9.17, 15) is 4.79 Å². The second-order valence-electron chi connectivity index (χ2n) is 10.2. The maximum absolute atomic E-state index is 13.0. The van der Waals surface area contributed by atoms with Crippen molar-refractivity contribution in [2.75, 3.05) is 32.8 Å².